The number of nitrogens with one attached hydrogen (secondary N) is 3. The zero-order chi connectivity index (χ0) is 14.6. The second-order valence-corrected chi connectivity index (χ2v) is 7.39. The second kappa shape index (κ2) is 6.74. The predicted molar refractivity (Wildman–Crippen MR) is 80.0 cm³/mol. The SMILES string of the molecule is CCCCC(C)NS(=O)(=O)c1c[nH]c(CNC2CC2)c1. The molecule has 0 amide bonds. The van der Waals surface area contributed by atoms with Gasteiger partial charge in [-0.1, -0.05) is 19.8 Å². The number of aromatic amines is 1. The number of hydrogen-bond donors (Lipinski definition) is 3. The molecule has 1 aliphatic rings. The molecule has 5 nitrogen and oxygen atoms in total. The molecule has 0 spiro atoms. The summed E-state index contributed by atoms with van der Waals surface area (Å²) in [5.74, 6) is 0. The van der Waals surface area contributed by atoms with Gasteiger partial charge in [-0.2, -0.15) is 0 Å². The van der Waals surface area contributed by atoms with Crippen LogP contribution >= 0.6 is 0 Å². The number of aromatic nitrogens is 1. The Morgan fingerprint density at radius 1 is 1.45 bits per heavy atom. The van der Waals surface area contributed by atoms with Crippen LogP contribution in [-0.2, 0) is 16.6 Å². The molecule has 1 atom stereocenters. The van der Waals surface area contributed by atoms with Crippen molar-refractivity contribution in [2.24, 2.45) is 0 Å². The highest BCUT2D eigenvalue weighted by molar-refractivity contribution is 7.89. The Labute approximate surface area is 121 Å². The molecule has 2 rings (SSSR count). The predicted octanol–water partition coefficient (Wildman–Crippen LogP) is 2.12. The molecule has 1 heterocycles. The van der Waals surface area contributed by atoms with Crippen LogP contribution < -0.4 is 10.0 Å². The van der Waals surface area contributed by atoms with Gasteiger partial charge in [0.2, 0.25) is 10.0 Å². The van der Waals surface area contributed by atoms with E-state index in [-0.39, 0.29) is 6.04 Å². The van der Waals surface area contributed by atoms with Gasteiger partial charge in [-0.25, -0.2) is 13.1 Å². The first-order valence-electron chi connectivity index (χ1n) is 7.44. The number of sulfonamides is 1. The normalized spacial score (nSPS) is 17.3. The van der Waals surface area contributed by atoms with E-state index < -0.39 is 10.0 Å². The van der Waals surface area contributed by atoms with Crippen molar-refractivity contribution in [2.75, 3.05) is 0 Å². The van der Waals surface area contributed by atoms with Gasteiger partial charge in [-0.05, 0) is 32.3 Å². The van der Waals surface area contributed by atoms with Crippen LogP contribution in [0.5, 0.6) is 0 Å². The molecule has 114 valence electrons. The van der Waals surface area contributed by atoms with Crippen molar-refractivity contribution in [1.82, 2.24) is 15.0 Å². The molecule has 1 aliphatic carbocycles. The molecule has 0 radical (unpaired) electrons. The minimum atomic E-state index is -3.40. The quantitative estimate of drug-likeness (QED) is 0.654. The Bertz CT molecular complexity index is 520. The highest BCUT2D eigenvalue weighted by atomic mass is 32.2. The molecule has 0 saturated heterocycles. The summed E-state index contributed by atoms with van der Waals surface area (Å²) in [5, 5.41) is 3.36. The van der Waals surface area contributed by atoms with E-state index in [2.05, 4.69) is 21.9 Å². The topological polar surface area (TPSA) is 74.0 Å². The van der Waals surface area contributed by atoms with Crippen molar-refractivity contribution in [3.05, 3.63) is 18.0 Å². The lowest BCUT2D eigenvalue weighted by Crippen LogP contribution is -2.32. The van der Waals surface area contributed by atoms with Crippen LogP contribution in [0, 0.1) is 0 Å². The van der Waals surface area contributed by atoms with Gasteiger partial charge in [-0.3, -0.25) is 0 Å². The summed E-state index contributed by atoms with van der Waals surface area (Å²) >= 11 is 0. The Hall–Kier alpha value is -0.850. The van der Waals surface area contributed by atoms with Gasteiger partial charge in [-0.15, -0.1) is 0 Å². The second-order valence-electron chi connectivity index (χ2n) is 5.68. The summed E-state index contributed by atoms with van der Waals surface area (Å²) in [6, 6.07) is 2.30. The molecule has 1 saturated carbocycles. The summed E-state index contributed by atoms with van der Waals surface area (Å²) in [4.78, 5) is 3.36. The van der Waals surface area contributed by atoms with Gasteiger partial charge in [0.15, 0.2) is 0 Å². The Morgan fingerprint density at radius 2 is 2.20 bits per heavy atom. The molecule has 0 aliphatic heterocycles. The number of H-pyrrole nitrogens is 1. The van der Waals surface area contributed by atoms with Gasteiger partial charge in [0.25, 0.3) is 0 Å². The highest BCUT2D eigenvalue weighted by Crippen LogP contribution is 2.19. The van der Waals surface area contributed by atoms with Crippen LogP contribution in [0.15, 0.2) is 17.2 Å². The van der Waals surface area contributed by atoms with Crippen molar-refractivity contribution in [1.29, 1.82) is 0 Å². The van der Waals surface area contributed by atoms with Gasteiger partial charge >= 0.3 is 0 Å². The summed E-state index contributed by atoms with van der Waals surface area (Å²) in [7, 11) is -3.40. The maximum Gasteiger partial charge on any atom is 0.242 e. The summed E-state index contributed by atoms with van der Waals surface area (Å²) in [5.41, 5.74) is 0.915. The number of hydrogen-bond acceptors (Lipinski definition) is 3. The van der Waals surface area contributed by atoms with Crippen LogP contribution in [0.25, 0.3) is 0 Å². The minimum Gasteiger partial charge on any atom is -0.363 e. The van der Waals surface area contributed by atoms with E-state index in [0.717, 1.165) is 25.0 Å². The van der Waals surface area contributed by atoms with E-state index in [1.807, 2.05) is 6.92 Å². The molecule has 1 aromatic rings. The molecular formula is C14H25N3O2S. The van der Waals surface area contributed by atoms with Gasteiger partial charge in [0.05, 0.1) is 4.90 Å². The third kappa shape index (κ3) is 4.61. The largest absolute Gasteiger partial charge is 0.363 e. The Morgan fingerprint density at radius 3 is 2.85 bits per heavy atom. The lowest BCUT2D eigenvalue weighted by atomic mass is 10.2. The Kier molecular flexibility index (Phi) is 5.23. The van der Waals surface area contributed by atoms with Gasteiger partial charge < -0.3 is 10.3 Å². The van der Waals surface area contributed by atoms with Gasteiger partial charge in [0, 0.05) is 30.5 Å². The van der Waals surface area contributed by atoms with Gasteiger partial charge in [0.1, 0.15) is 0 Å². The first kappa shape index (κ1) is 15.5. The van der Waals surface area contributed by atoms with Crippen LogP contribution in [0.3, 0.4) is 0 Å². The zero-order valence-corrected chi connectivity index (χ0v) is 13.1. The van der Waals surface area contributed by atoms with Crippen molar-refractivity contribution < 1.29 is 8.42 Å². The molecule has 6 heteroatoms. The third-order valence-corrected chi connectivity index (χ3v) is 5.10. The molecule has 20 heavy (non-hydrogen) atoms. The lowest BCUT2D eigenvalue weighted by molar-refractivity contribution is 0.534. The average molecular weight is 299 g/mol. The number of rotatable bonds is 9. The fraction of sp³-hybridized carbons (Fsp3) is 0.714. The lowest BCUT2D eigenvalue weighted by Gasteiger charge is -2.12. The molecule has 0 aromatic carbocycles. The smallest absolute Gasteiger partial charge is 0.242 e. The maximum atomic E-state index is 12.2. The zero-order valence-electron chi connectivity index (χ0n) is 12.3. The van der Waals surface area contributed by atoms with Crippen molar-refractivity contribution in [2.45, 2.75) is 69.5 Å². The fourth-order valence-electron chi connectivity index (χ4n) is 2.12. The van der Waals surface area contributed by atoms with E-state index in [4.69, 9.17) is 0 Å². The Balaban J connectivity index is 1.90. The molecule has 1 aromatic heterocycles. The van der Waals surface area contributed by atoms with Crippen molar-refractivity contribution in [3.63, 3.8) is 0 Å². The third-order valence-electron chi connectivity index (χ3n) is 3.53. The van der Waals surface area contributed by atoms with Crippen molar-refractivity contribution in [3.8, 4) is 0 Å². The standard InChI is InChI=1S/C14H25N3O2S/c1-3-4-5-11(2)17-20(18,19)14-8-13(16-10-14)9-15-12-6-7-12/h8,10-12,15-17H,3-7,9H2,1-2H3. The minimum absolute atomic E-state index is 0.0251. The van der Waals surface area contributed by atoms with Crippen molar-refractivity contribution >= 4 is 10.0 Å². The monoisotopic (exact) mass is 299 g/mol. The molecule has 1 fully saturated rings. The first-order chi connectivity index (χ1) is 9.51. The molecule has 1 unspecified atom stereocenters. The molecular weight excluding hydrogens is 274 g/mol. The van der Waals surface area contributed by atoms with E-state index in [9.17, 15) is 8.42 Å². The number of unbranched alkanes of at least 4 members (excludes halogenated alkanes) is 1. The first-order valence-corrected chi connectivity index (χ1v) is 8.92. The maximum absolute atomic E-state index is 12.2. The highest BCUT2D eigenvalue weighted by Gasteiger charge is 2.22. The average Bonchev–Trinajstić information content (AvgIpc) is 3.09. The summed E-state index contributed by atoms with van der Waals surface area (Å²) in [6.07, 6.45) is 7.00. The molecule has 3 N–H and O–H groups in total. The van der Waals surface area contributed by atoms with E-state index >= 15 is 0 Å². The van der Waals surface area contributed by atoms with E-state index in [1.165, 1.54) is 12.8 Å². The summed E-state index contributed by atoms with van der Waals surface area (Å²) in [6.45, 7) is 4.72. The van der Waals surface area contributed by atoms with E-state index in [0.29, 0.717) is 17.5 Å². The summed E-state index contributed by atoms with van der Waals surface area (Å²) < 4.78 is 27.2. The van der Waals surface area contributed by atoms with Crippen LogP contribution in [0.2, 0.25) is 0 Å². The fourth-order valence-corrected chi connectivity index (χ4v) is 3.42. The van der Waals surface area contributed by atoms with Crippen LogP contribution in [0.4, 0.5) is 0 Å². The van der Waals surface area contributed by atoms with Crippen LogP contribution in [-0.4, -0.2) is 25.5 Å². The molecule has 0 bridgehead atoms. The van der Waals surface area contributed by atoms with E-state index in [1.54, 1.807) is 12.3 Å². The van der Waals surface area contributed by atoms with Crippen LogP contribution in [0.1, 0.15) is 51.6 Å².